The van der Waals surface area contributed by atoms with Crippen LogP contribution in [0, 0.1) is 0 Å². The van der Waals surface area contributed by atoms with Crippen molar-refractivity contribution >= 4 is 0 Å². The van der Waals surface area contributed by atoms with Crippen molar-refractivity contribution in [3.8, 4) is 0 Å². The van der Waals surface area contributed by atoms with Gasteiger partial charge in [0.15, 0.2) is 0 Å². The molecule has 0 saturated heterocycles. The number of hydrogen-bond donors (Lipinski definition) is 0. The lowest BCUT2D eigenvalue weighted by Gasteiger charge is -2.07. The zero-order chi connectivity index (χ0) is 8.55. The largest absolute Gasteiger partial charge is 0.351 e. The van der Waals surface area contributed by atoms with Crippen LogP contribution < -0.4 is 0 Å². The van der Waals surface area contributed by atoms with Crippen molar-refractivity contribution in [1.82, 2.24) is 4.57 Å². The molecule has 0 saturated carbocycles. The van der Waals surface area contributed by atoms with E-state index in [1.165, 1.54) is 0 Å². The predicted molar refractivity (Wildman–Crippen MR) is 42.4 cm³/mol. The Morgan fingerprint density at radius 3 is 3.17 bits per heavy atom. The first kappa shape index (κ1) is 7.77. The number of aromatic nitrogens is 1. The second kappa shape index (κ2) is 2.88. The number of fused-ring (bicyclic) bond motifs is 1. The summed E-state index contributed by atoms with van der Waals surface area (Å²) in [6.07, 6.45) is 0.683. The molecule has 0 amide bonds. The Morgan fingerprint density at radius 2 is 2.42 bits per heavy atom. The minimum absolute atomic E-state index is 0.0179. The third kappa shape index (κ3) is 1.24. The van der Waals surface area contributed by atoms with E-state index in [9.17, 15) is 8.78 Å². The van der Waals surface area contributed by atoms with E-state index in [0.29, 0.717) is 0 Å². The molecular formula is C9H11F2N. The van der Waals surface area contributed by atoms with Gasteiger partial charge < -0.3 is 4.57 Å². The summed E-state index contributed by atoms with van der Waals surface area (Å²) >= 11 is 0. The van der Waals surface area contributed by atoms with Gasteiger partial charge in [-0.25, -0.2) is 8.78 Å². The molecule has 0 spiro atoms. The van der Waals surface area contributed by atoms with Gasteiger partial charge >= 0.3 is 0 Å². The second-order valence-corrected chi connectivity index (χ2v) is 3.24. The van der Waals surface area contributed by atoms with E-state index in [-0.39, 0.29) is 12.3 Å². The Kier molecular flexibility index (Phi) is 1.87. The van der Waals surface area contributed by atoms with E-state index in [1.54, 1.807) is 0 Å². The summed E-state index contributed by atoms with van der Waals surface area (Å²) < 4.78 is 26.2. The summed E-state index contributed by atoms with van der Waals surface area (Å²) in [7, 11) is 0. The molecule has 1 aliphatic rings. The van der Waals surface area contributed by atoms with Gasteiger partial charge in [0.1, 0.15) is 0 Å². The van der Waals surface area contributed by atoms with Crippen LogP contribution in [0.5, 0.6) is 0 Å². The third-order valence-electron chi connectivity index (χ3n) is 2.46. The van der Waals surface area contributed by atoms with Crippen LogP contribution in [0.1, 0.15) is 24.5 Å². The molecular weight excluding hydrogens is 160 g/mol. The van der Waals surface area contributed by atoms with Gasteiger partial charge in [-0.05, 0) is 18.6 Å². The quantitative estimate of drug-likeness (QED) is 0.644. The average molecular weight is 171 g/mol. The number of nitrogens with zero attached hydrogens (tertiary/aromatic N) is 1. The second-order valence-electron chi connectivity index (χ2n) is 3.24. The molecule has 1 nitrogen and oxygen atoms in total. The van der Waals surface area contributed by atoms with Crippen LogP contribution in [0.4, 0.5) is 8.78 Å². The van der Waals surface area contributed by atoms with E-state index < -0.39 is 6.43 Å². The highest BCUT2D eigenvalue weighted by atomic mass is 19.3. The summed E-state index contributed by atoms with van der Waals surface area (Å²) in [6.45, 7) is 0.903. The molecule has 2 heterocycles. The number of hydrogen-bond acceptors (Lipinski definition) is 0. The molecule has 0 aromatic carbocycles. The standard InChI is InChI=1S/C9H11F2N/c10-9(11)6-7-3-5-12-4-1-2-8(7)12/h1-2,4,7,9H,3,5-6H2. The minimum atomic E-state index is -2.17. The SMILES string of the molecule is FC(F)CC1CCn2cccc21. The van der Waals surface area contributed by atoms with Crippen molar-refractivity contribution in [2.75, 3.05) is 0 Å². The highest BCUT2D eigenvalue weighted by molar-refractivity contribution is 5.16. The molecule has 1 aromatic heterocycles. The maximum absolute atomic E-state index is 12.1. The summed E-state index contributed by atoms with van der Waals surface area (Å²) in [5.74, 6) is 0.0833. The molecule has 2 rings (SSSR count). The van der Waals surface area contributed by atoms with Crippen LogP contribution >= 0.6 is 0 Å². The van der Waals surface area contributed by atoms with Crippen LogP contribution in [-0.2, 0) is 6.54 Å². The summed E-state index contributed by atoms with van der Waals surface area (Å²) in [5, 5.41) is 0. The number of alkyl halides is 2. The monoisotopic (exact) mass is 171 g/mol. The lowest BCUT2D eigenvalue weighted by atomic mass is 10.0. The summed E-state index contributed by atoms with van der Waals surface area (Å²) in [6, 6.07) is 3.87. The van der Waals surface area contributed by atoms with Gasteiger partial charge in [0.25, 0.3) is 0 Å². The van der Waals surface area contributed by atoms with Gasteiger partial charge in [0.2, 0.25) is 6.43 Å². The molecule has 1 atom stereocenters. The van der Waals surface area contributed by atoms with Crippen molar-refractivity contribution in [2.24, 2.45) is 0 Å². The molecule has 1 unspecified atom stereocenters. The van der Waals surface area contributed by atoms with Crippen LogP contribution in [0.2, 0.25) is 0 Å². The van der Waals surface area contributed by atoms with Gasteiger partial charge in [-0.1, -0.05) is 0 Å². The third-order valence-corrected chi connectivity index (χ3v) is 2.46. The fourth-order valence-electron chi connectivity index (χ4n) is 1.90. The first-order chi connectivity index (χ1) is 5.77. The zero-order valence-electron chi connectivity index (χ0n) is 6.71. The molecule has 66 valence electrons. The predicted octanol–water partition coefficient (Wildman–Crippen LogP) is 2.63. The van der Waals surface area contributed by atoms with E-state index in [0.717, 1.165) is 18.7 Å². The van der Waals surface area contributed by atoms with Gasteiger partial charge in [-0.3, -0.25) is 0 Å². The van der Waals surface area contributed by atoms with E-state index >= 15 is 0 Å². The molecule has 1 aromatic rings. The zero-order valence-corrected chi connectivity index (χ0v) is 6.71. The fraction of sp³-hybridized carbons (Fsp3) is 0.556. The Morgan fingerprint density at radius 1 is 1.58 bits per heavy atom. The number of rotatable bonds is 2. The Hall–Kier alpha value is -0.860. The molecule has 3 heteroatoms. The summed E-state index contributed by atoms with van der Waals surface area (Å²) in [4.78, 5) is 0. The highest BCUT2D eigenvalue weighted by Gasteiger charge is 2.24. The highest BCUT2D eigenvalue weighted by Crippen LogP contribution is 2.32. The Bertz CT molecular complexity index is 267. The van der Waals surface area contributed by atoms with Gasteiger partial charge in [-0.15, -0.1) is 0 Å². The Balaban J connectivity index is 2.12. The fourth-order valence-corrected chi connectivity index (χ4v) is 1.90. The van der Waals surface area contributed by atoms with Crippen molar-refractivity contribution in [2.45, 2.75) is 31.7 Å². The van der Waals surface area contributed by atoms with Crippen LogP contribution in [-0.4, -0.2) is 11.0 Å². The normalized spacial score (nSPS) is 21.8. The Labute approximate surface area is 70.0 Å². The molecule has 0 N–H and O–H groups in total. The molecule has 0 radical (unpaired) electrons. The molecule has 0 aliphatic carbocycles. The molecule has 12 heavy (non-hydrogen) atoms. The van der Waals surface area contributed by atoms with Crippen molar-refractivity contribution in [3.63, 3.8) is 0 Å². The smallest absolute Gasteiger partial charge is 0.239 e. The van der Waals surface area contributed by atoms with Gasteiger partial charge in [0.05, 0.1) is 0 Å². The van der Waals surface area contributed by atoms with Crippen molar-refractivity contribution in [3.05, 3.63) is 24.0 Å². The first-order valence-corrected chi connectivity index (χ1v) is 4.20. The summed E-state index contributed by atoms with van der Waals surface area (Å²) in [5.41, 5.74) is 1.08. The topological polar surface area (TPSA) is 4.93 Å². The number of aryl methyl sites for hydroxylation is 1. The van der Waals surface area contributed by atoms with Gasteiger partial charge in [-0.2, -0.15) is 0 Å². The van der Waals surface area contributed by atoms with Crippen LogP contribution in [0.25, 0.3) is 0 Å². The maximum atomic E-state index is 12.1. The van der Waals surface area contributed by atoms with Crippen LogP contribution in [0.3, 0.4) is 0 Å². The average Bonchev–Trinajstić information content (AvgIpc) is 2.52. The van der Waals surface area contributed by atoms with E-state index in [4.69, 9.17) is 0 Å². The minimum Gasteiger partial charge on any atom is -0.351 e. The molecule has 1 aliphatic heterocycles. The number of halogens is 2. The lowest BCUT2D eigenvalue weighted by molar-refractivity contribution is 0.127. The maximum Gasteiger partial charge on any atom is 0.239 e. The van der Waals surface area contributed by atoms with E-state index in [1.807, 2.05) is 18.3 Å². The van der Waals surface area contributed by atoms with Crippen molar-refractivity contribution < 1.29 is 8.78 Å². The molecule has 0 fully saturated rings. The van der Waals surface area contributed by atoms with Gasteiger partial charge in [0, 0.05) is 30.8 Å². The lowest BCUT2D eigenvalue weighted by Crippen LogP contribution is -2.00. The van der Waals surface area contributed by atoms with Crippen molar-refractivity contribution in [1.29, 1.82) is 0 Å². The van der Waals surface area contributed by atoms with Crippen LogP contribution in [0.15, 0.2) is 18.3 Å². The van der Waals surface area contributed by atoms with E-state index in [2.05, 4.69) is 4.57 Å². The molecule has 0 bridgehead atoms. The first-order valence-electron chi connectivity index (χ1n) is 4.20.